The summed E-state index contributed by atoms with van der Waals surface area (Å²) < 4.78 is 3.98. The predicted octanol–water partition coefficient (Wildman–Crippen LogP) is -0.918. The Bertz CT molecular complexity index is 97.3. The number of aliphatic hydroxyl groups excluding tert-OH is 3. The summed E-state index contributed by atoms with van der Waals surface area (Å²) in [6, 6.07) is 0. The quantitative estimate of drug-likeness (QED) is 0.459. The minimum absolute atomic E-state index is 0.228. The number of hydrogen-bond acceptors (Lipinski definition) is 5. The first-order chi connectivity index (χ1) is 5.74. The third-order valence-corrected chi connectivity index (χ3v) is 2.93. The molecule has 0 aromatic heterocycles. The third-order valence-electron chi connectivity index (χ3n) is 1.56. The number of rotatable bonds is 7. The number of ether oxygens (including phenoxy) is 1. The highest BCUT2D eigenvalue weighted by Crippen LogP contribution is 2.23. The zero-order valence-electron chi connectivity index (χ0n) is 7.19. The van der Waals surface area contributed by atoms with Crippen LogP contribution in [0.3, 0.4) is 0 Å². The second-order valence-electron chi connectivity index (χ2n) is 2.50. The van der Waals surface area contributed by atoms with Crippen LogP contribution in [0.25, 0.3) is 0 Å². The van der Waals surface area contributed by atoms with Crippen LogP contribution < -0.4 is 0 Å². The smallest absolute Gasteiger partial charge is 0.0851 e. The summed E-state index contributed by atoms with van der Waals surface area (Å²) in [6.45, 7) is -0.135. The first kappa shape index (κ1) is 12.2. The molecule has 0 saturated carbocycles. The molecule has 0 amide bonds. The summed E-state index contributed by atoms with van der Waals surface area (Å²) in [7, 11) is 1.58. The molecule has 0 radical (unpaired) electrons. The molecule has 0 fully saturated rings. The Labute approximate surface area is 76.5 Å². The van der Waals surface area contributed by atoms with Crippen molar-refractivity contribution in [1.82, 2.24) is 0 Å². The van der Waals surface area contributed by atoms with Crippen LogP contribution in [-0.2, 0) is 4.74 Å². The molecule has 0 unspecified atom stereocenters. The minimum atomic E-state index is -0.821. The summed E-state index contributed by atoms with van der Waals surface area (Å²) in [5.41, 5.74) is 0. The molecule has 0 aliphatic heterocycles. The van der Waals surface area contributed by atoms with E-state index >= 15 is 0 Å². The van der Waals surface area contributed by atoms with Crippen molar-refractivity contribution in [3.05, 3.63) is 0 Å². The lowest BCUT2D eigenvalue weighted by Crippen LogP contribution is -2.38. The number of methoxy groups -OCH3 is 1. The summed E-state index contributed by atoms with van der Waals surface area (Å²) in [5.74, 6) is 0.651. The van der Waals surface area contributed by atoms with Crippen molar-refractivity contribution in [3.63, 3.8) is 0 Å². The van der Waals surface area contributed by atoms with Crippen LogP contribution in [0.4, 0.5) is 0 Å². The highest BCUT2D eigenvalue weighted by atomic mass is 32.2. The molecule has 0 saturated heterocycles. The SMILES string of the molecule is COCCSC(CO)(CO)CO. The van der Waals surface area contributed by atoms with Gasteiger partial charge in [-0.05, 0) is 0 Å². The van der Waals surface area contributed by atoms with Crippen molar-refractivity contribution in [2.45, 2.75) is 4.75 Å². The van der Waals surface area contributed by atoms with E-state index in [2.05, 4.69) is 0 Å². The average molecular weight is 196 g/mol. The molecule has 3 N–H and O–H groups in total. The molecule has 0 heterocycles. The van der Waals surface area contributed by atoms with Crippen molar-refractivity contribution < 1.29 is 20.1 Å². The van der Waals surface area contributed by atoms with E-state index in [9.17, 15) is 0 Å². The molecule has 0 atom stereocenters. The molecule has 74 valence electrons. The van der Waals surface area contributed by atoms with E-state index in [0.717, 1.165) is 0 Å². The van der Waals surface area contributed by atoms with Crippen molar-refractivity contribution in [2.24, 2.45) is 0 Å². The van der Waals surface area contributed by atoms with Crippen LogP contribution in [0.1, 0.15) is 0 Å². The second kappa shape index (κ2) is 6.68. The highest BCUT2D eigenvalue weighted by molar-refractivity contribution is 8.00. The van der Waals surface area contributed by atoms with Gasteiger partial charge in [-0.15, -0.1) is 11.8 Å². The molecule has 0 rings (SSSR count). The van der Waals surface area contributed by atoms with Gasteiger partial charge < -0.3 is 20.1 Å². The van der Waals surface area contributed by atoms with Gasteiger partial charge in [0.1, 0.15) is 0 Å². The van der Waals surface area contributed by atoms with Crippen LogP contribution >= 0.6 is 11.8 Å². The zero-order chi connectivity index (χ0) is 9.45. The average Bonchev–Trinajstić information content (AvgIpc) is 2.14. The molecule has 0 spiro atoms. The molecule has 0 bridgehead atoms. The maximum Gasteiger partial charge on any atom is 0.0851 e. The summed E-state index contributed by atoms with van der Waals surface area (Å²) in [6.07, 6.45) is 0. The molecular weight excluding hydrogens is 180 g/mol. The maximum absolute atomic E-state index is 8.89. The van der Waals surface area contributed by atoms with Crippen LogP contribution in [0.5, 0.6) is 0 Å². The Kier molecular flexibility index (Phi) is 6.78. The van der Waals surface area contributed by atoms with Gasteiger partial charge in [-0.3, -0.25) is 0 Å². The second-order valence-corrected chi connectivity index (χ2v) is 4.06. The molecule has 0 aromatic rings. The van der Waals surface area contributed by atoms with E-state index in [-0.39, 0.29) is 19.8 Å². The van der Waals surface area contributed by atoms with E-state index < -0.39 is 4.75 Å². The summed E-state index contributed by atoms with van der Waals surface area (Å²) in [5, 5.41) is 26.7. The fourth-order valence-corrected chi connectivity index (χ4v) is 1.59. The van der Waals surface area contributed by atoms with E-state index in [1.165, 1.54) is 11.8 Å². The van der Waals surface area contributed by atoms with Crippen molar-refractivity contribution >= 4 is 11.8 Å². The van der Waals surface area contributed by atoms with Crippen LogP contribution in [0, 0.1) is 0 Å². The third kappa shape index (κ3) is 3.73. The van der Waals surface area contributed by atoms with Gasteiger partial charge in [-0.1, -0.05) is 0 Å². The molecule has 4 nitrogen and oxygen atoms in total. The Hall–Kier alpha value is 0.190. The fourth-order valence-electron chi connectivity index (χ4n) is 0.628. The summed E-state index contributed by atoms with van der Waals surface area (Å²) >= 11 is 1.32. The largest absolute Gasteiger partial charge is 0.395 e. The van der Waals surface area contributed by atoms with Gasteiger partial charge in [-0.2, -0.15) is 0 Å². The van der Waals surface area contributed by atoms with Crippen molar-refractivity contribution in [1.29, 1.82) is 0 Å². The monoisotopic (exact) mass is 196 g/mol. The first-order valence-electron chi connectivity index (χ1n) is 3.70. The van der Waals surface area contributed by atoms with Crippen molar-refractivity contribution in [3.8, 4) is 0 Å². The number of aliphatic hydroxyl groups is 3. The van der Waals surface area contributed by atoms with Gasteiger partial charge in [0.05, 0.1) is 31.2 Å². The lowest BCUT2D eigenvalue weighted by Gasteiger charge is -2.26. The van der Waals surface area contributed by atoms with E-state index in [0.29, 0.717) is 12.4 Å². The van der Waals surface area contributed by atoms with Gasteiger partial charge in [0.15, 0.2) is 0 Å². The van der Waals surface area contributed by atoms with Gasteiger partial charge in [0.25, 0.3) is 0 Å². The van der Waals surface area contributed by atoms with Crippen LogP contribution in [-0.4, -0.2) is 59.4 Å². The minimum Gasteiger partial charge on any atom is -0.395 e. The van der Waals surface area contributed by atoms with Crippen molar-refractivity contribution in [2.75, 3.05) is 39.3 Å². The van der Waals surface area contributed by atoms with Gasteiger partial charge in [-0.25, -0.2) is 0 Å². The molecule has 5 heteroatoms. The topological polar surface area (TPSA) is 69.9 Å². The Morgan fingerprint density at radius 1 is 1.17 bits per heavy atom. The number of hydrogen-bond donors (Lipinski definition) is 3. The van der Waals surface area contributed by atoms with Gasteiger partial charge in [0.2, 0.25) is 0 Å². The molecule has 0 aromatic carbocycles. The fraction of sp³-hybridized carbons (Fsp3) is 1.00. The van der Waals surface area contributed by atoms with Crippen LogP contribution in [0.2, 0.25) is 0 Å². The lowest BCUT2D eigenvalue weighted by molar-refractivity contribution is 0.120. The Morgan fingerprint density at radius 3 is 2.00 bits per heavy atom. The Morgan fingerprint density at radius 2 is 1.67 bits per heavy atom. The lowest BCUT2D eigenvalue weighted by atomic mass is 10.2. The molecular formula is C7H16O4S. The highest BCUT2D eigenvalue weighted by Gasteiger charge is 2.28. The Balaban J connectivity index is 3.76. The molecule has 12 heavy (non-hydrogen) atoms. The van der Waals surface area contributed by atoms with Gasteiger partial charge >= 0.3 is 0 Å². The van der Waals surface area contributed by atoms with Gasteiger partial charge in [0, 0.05) is 12.9 Å². The predicted molar refractivity (Wildman–Crippen MR) is 48.3 cm³/mol. The normalized spacial score (nSPS) is 12.0. The van der Waals surface area contributed by atoms with E-state index in [1.54, 1.807) is 7.11 Å². The van der Waals surface area contributed by atoms with E-state index in [4.69, 9.17) is 20.1 Å². The molecule has 0 aliphatic rings. The number of thioether (sulfide) groups is 1. The first-order valence-corrected chi connectivity index (χ1v) is 4.68. The van der Waals surface area contributed by atoms with E-state index in [1.807, 2.05) is 0 Å². The standard InChI is InChI=1S/C7H16O4S/c1-11-2-3-12-7(4-8,5-9)6-10/h8-10H,2-6H2,1H3. The van der Waals surface area contributed by atoms with Crippen LogP contribution in [0.15, 0.2) is 0 Å². The summed E-state index contributed by atoms with van der Waals surface area (Å²) in [4.78, 5) is 0. The zero-order valence-corrected chi connectivity index (χ0v) is 8.01. The maximum atomic E-state index is 8.89. The molecule has 0 aliphatic carbocycles.